The molecule has 3 heterocycles. The van der Waals surface area contributed by atoms with E-state index in [1.807, 2.05) is 24.3 Å². The minimum atomic E-state index is -4.11. The second kappa shape index (κ2) is 8.89. The molecule has 0 N–H and O–H groups in total. The number of furan rings is 2. The number of ketones is 1. The van der Waals surface area contributed by atoms with Gasteiger partial charge < -0.3 is 13.6 Å². The van der Waals surface area contributed by atoms with Crippen LogP contribution in [-0.2, 0) is 14.8 Å². The van der Waals surface area contributed by atoms with Gasteiger partial charge in [-0.2, -0.15) is 0 Å². The van der Waals surface area contributed by atoms with E-state index in [0.29, 0.717) is 11.3 Å². The van der Waals surface area contributed by atoms with E-state index in [2.05, 4.69) is 0 Å². The van der Waals surface area contributed by atoms with Crippen molar-refractivity contribution in [2.75, 3.05) is 7.05 Å². The van der Waals surface area contributed by atoms with Gasteiger partial charge in [-0.1, -0.05) is 48.5 Å². The number of Topliss-reactive ketones (excluding diaryl/α,β-unsaturated/α-hetero) is 1. The Bertz CT molecular complexity index is 1860. The van der Waals surface area contributed by atoms with E-state index < -0.39 is 21.8 Å². The third-order valence-electron chi connectivity index (χ3n) is 6.36. The van der Waals surface area contributed by atoms with Gasteiger partial charge >= 0.3 is 5.97 Å². The fourth-order valence-corrected chi connectivity index (χ4v) is 5.86. The molecule has 0 fully saturated rings. The molecule has 5 aromatic rings. The van der Waals surface area contributed by atoms with E-state index in [9.17, 15) is 18.0 Å². The monoisotopic (exact) mass is 525 g/mol. The lowest BCUT2D eigenvalue weighted by molar-refractivity contribution is 0.0653. The number of carbonyl (C=O) groups excluding carboxylic acids is 2. The number of hydrogen-bond donors (Lipinski definition) is 0. The van der Waals surface area contributed by atoms with Crippen LogP contribution in [0.1, 0.15) is 26.5 Å². The van der Waals surface area contributed by atoms with E-state index >= 15 is 0 Å². The third-order valence-corrected chi connectivity index (χ3v) is 8.17. The normalized spacial score (nSPS) is 14.4. The van der Waals surface area contributed by atoms with Gasteiger partial charge in [-0.25, -0.2) is 13.2 Å². The molecule has 2 aromatic heterocycles. The molecule has 0 saturated carbocycles. The summed E-state index contributed by atoms with van der Waals surface area (Å²) < 4.78 is 44.2. The van der Waals surface area contributed by atoms with Crippen molar-refractivity contribution in [3.8, 4) is 11.3 Å². The predicted octanol–water partition coefficient (Wildman–Crippen LogP) is 5.74. The van der Waals surface area contributed by atoms with E-state index in [1.54, 1.807) is 48.5 Å². The van der Waals surface area contributed by atoms with Crippen LogP contribution in [-0.4, -0.2) is 31.5 Å². The highest BCUT2D eigenvalue weighted by Crippen LogP contribution is 2.39. The summed E-state index contributed by atoms with van der Waals surface area (Å²) in [4.78, 5) is 27.2. The molecule has 6 rings (SSSR count). The van der Waals surface area contributed by atoms with Crippen molar-refractivity contribution in [1.82, 2.24) is 4.31 Å². The molecule has 1 aliphatic heterocycles. The van der Waals surface area contributed by atoms with Crippen molar-refractivity contribution in [1.29, 1.82) is 0 Å². The molecule has 0 aliphatic carbocycles. The van der Waals surface area contributed by atoms with Crippen LogP contribution in [0.3, 0.4) is 0 Å². The van der Waals surface area contributed by atoms with Crippen LogP contribution in [0.4, 0.5) is 0 Å². The van der Waals surface area contributed by atoms with Gasteiger partial charge in [0, 0.05) is 18.2 Å². The SMILES string of the molecule is CN1C(C(=O)c2ccc3ccccc3c2)=C(OC(=O)c2occc2-c2ccco2)c2ccccc2S1(=O)=O. The van der Waals surface area contributed by atoms with E-state index in [4.69, 9.17) is 13.6 Å². The van der Waals surface area contributed by atoms with Gasteiger partial charge in [0.25, 0.3) is 10.0 Å². The number of ether oxygens (including phenoxy) is 1. The topological polar surface area (TPSA) is 107 Å². The number of hydrogen-bond acceptors (Lipinski definition) is 7. The van der Waals surface area contributed by atoms with E-state index in [-0.39, 0.29) is 33.2 Å². The molecule has 0 spiro atoms. The smallest absolute Gasteiger partial charge is 0.380 e. The van der Waals surface area contributed by atoms with Crippen LogP contribution in [0.5, 0.6) is 0 Å². The number of likely N-dealkylation sites (N-methyl/N-ethyl adjacent to an activating group) is 1. The maximum Gasteiger partial charge on any atom is 0.380 e. The molecule has 1 aliphatic rings. The van der Waals surface area contributed by atoms with Crippen LogP contribution in [0.2, 0.25) is 0 Å². The first kappa shape index (κ1) is 23.5. The Morgan fingerprint density at radius 1 is 0.789 bits per heavy atom. The fraction of sp³-hybridized carbons (Fsp3) is 0.0345. The fourth-order valence-electron chi connectivity index (χ4n) is 4.47. The highest BCUT2D eigenvalue weighted by atomic mass is 32.2. The van der Waals surface area contributed by atoms with Gasteiger partial charge in [-0.15, -0.1) is 0 Å². The highest BCUT2D eigenvalue weighted by Gasteiger charge is 2.40. The standard InChI is InChI=1S/C29H19NO7S/c1-30-25(26(31)20-13-12-18-7-2-3-8-19(18)17-20)27(22-9-4-5-11-24(22)38(30,33)34)37-29(32)28-21(14-16-36-28)23-10-6-15-35-23/h2-17H,1H3. The minimum absolute atomic E-state index is 0.0916. The third kappa shape index (κ3) is 3.72. The molecule has 9 heteroatoms. The average Bonchev–Trinajstić information content (AvgIpc) is 3.64. The zero-order chi connectivity index (χ0) is 26.4. The van der Waals surface area contributed by atoms with Crippen molar-refractivity contribution in [3.63, 3.8) is 0 Å². The summed E-state index contributed by atoms with van der Waals surface area (Å²) in [6.07, 6.45) is 2.77. The maximum absolute atomic E-state index is 13.9. The molecule has 0 bridgehead atoms. The van der Waals surface area contributed by atoms with Crippen LogP contribution in [0.25, 0.3) is 27.9 Å². The zero-order valence-corrected chi connectivity index (χ0v) is 20.8. The zero-order valence-electron chi connectivity index (χ0n) is 20.0. The van der Waals surface area contributed by atoms with Crippen LogP contribution < -0.4 is 0 Å². The lowest BCUT2D eigenvalue weighted by Crippen LogP contribution is -2.36. The Morgan fingerprint density at radius 2 is 1.55 bits per heavy atom. The number of rotatable bonds is 5. The van der Waals surface area contributed by atoms with Gasteiger partial charge in [0.2, 0.25) is 11.5 Å². The van der Waals surface area contributed by atoms with Crippen molar-refractivity contribution in [2.24, 2.45) is 0 Å². The highest BCUT2D eigenvalue weighted by molar-refractivity contribution is 7.89. The number of sulfonamides is 1. The molecule has 0 atom stereocenters. The predicted molar refractivity (Wildman–Crippen MR) is 138 cm³/mol. The molecule has 0 saturated heterocycles. The number of benzene rings is 3. The van der Waals surface area contributed by atoms with E-state index in [0.717, 1.165) is 15.1 Å². The molecule has 3 aromatic carbocycles. The Hall–Kier alpha value is -4.89. The second-order valence-corrected chi connectivity index (χ2v) is 10.5. The molecule has 188 valence electrons. The Balaban J connectivity index is 1.52. The average molecular weight is 526 g/mol. The Morgan fingerprint density at radius 3 is 2.34 bits per heavy atom. The van der Waals surface area contributed by atoms with Crippen molar-refractivity contribution < 1.29 is 31.6 Å². The van der Waals surface area contributed by atoms with Gasteiger partial charge in [0.15, 0.2) is 5.76 Å². The van der Waals surface area contributed by atoms with Gasteiger partial charge in [0.05, 0.1) is 23.0 Å². The number of carbonyl (C=O) groups is 2. The summed E-state index contributed by atoms with van der Waals surface area (Å²) in [6, 6.07) is 23.5. The summed E-state index contributed by atoms with van der Waals surface area (Å²) in [7, 11) is -2.85. The van der Waals surface area contributed by atoms with E-state index in [1.165, 1.54) is 31.7 Å². The second-order valence-electron chi connectivity index (χ2n) is 8.57. The first-order valence-corrected chi connectivity index (χ1v) is 13.0. The molecular formula is C29H19NO7S. The summed E-state index contributed by atoms with van der Waals surface area (Å²) >= 11 is 0. The Kier molecular flexibility index (Phi) is 5.50. The van der Waals surface area contributed by atoms with Crippen LogP contribution in [0, 0.1) is 0 Å². The maximum atomic E-state index is 13.9. The first-order chi connectivity index (χ1) is 18.4. The molecule has 0 unspecified atom stereocenters. The van der Waals surface area contributed by atoms with Crippen LogP contribution in [0.15, 0.2) is 117 Å². The first-order valence-electron chi connectivity index (χ1n) is 11.6. The lowest BCUT2D eigenvalue weighted by atomic mass is 10.0. The molecule has 8 nitrogen and oxygen atoms in total. The molecule has 0 amide bonds. The van der Waals surface area contributed by atoms with Gasteiger partial charge in [-0.05, 0) is 47.2 Å². The number of esters is 1. The summed E-state index contributed by atoms with van der Waals surface area (Å²) in [5, 5.41) is 1.72. The number of allylic oxidation sites excluding steroid dienone is 1. The van der Waals surface area contributed by atoms with Crippen LogP contribution >= 0.6 is 0 Å². The Labute approximate surface area is 217 Å². The summed E-state index contributed by atoms with van der Waals surface area (Å²) in [5.74, 6) is -1.50. The largest absolute Gasteiger partial charge is 0.464 e. The van der Waals surface area contributed by atoms with Gasteiger partial charge in [-0.3, -0.25) is 9.10 Å². The molecule has 0 radical (unpaired) electrons. The van der Waals surface area contributed by atoms with Gasteiger partial charge in [0.1, 0.15) is 11.5 Å². The number of fused-ring (bicyclic) bond motifs is 2. The summed E-state index contributed by atoms with van der Waals surface area (Å²) in [5.41, 5.74) is 0.392. The minimum Gasteiger partial charge on any atom is -0.464 e. The molecular weight excluding hydrogens is 506 g/mol. The lowest BCUT2D eigenvalue weighted by Gasteiger charge is -2.30. The molecule has 38 heavy (non-hydrogen) atoms. The van der Waals surface area contributed by atoms with Crippen molar-refractivity contribution in [3.05, 3.63) is 120 Å². The van der Waals surface area contributed by atoms with Crippen molar-refractivity contribution in [2.45, 2.75) is 4.90 Å². The summed E-state index contributed by atoms with van der Waals surface area (Å²) in [6.45, 7) is 0. The number of nitrogens with zero attached hydrogens (tertiary/aromatic N) is 1. The quantitative estimate of drug-likeness (QED) is 0.213. The van der Waals surface area contributed by atoms with Crippen molar-refractivity contribution >= 4 is 38.3 Å².